The summed E-state index contributed by atoms with van der Waals surface area (Å²) in [6.45, 7) is 23.0. The molecule has 0 spiro atoms. The van der Waals surface area contributed by atoms with Crippen LogP contribution in [0.3, 0.4) is 0 Å². The Kier molecular flexibility index (Phi) is 7.43. The van der Waals surface area contributed by atoms with Crippen molar-refractivity contribution in [2.75, 3.05) is 9.80 Å². The molecule has 0 atom stereocenters. The van der Waals surface area contributed by atoms with Crippen LogP contribution in [0.4, 0.5) is 34.1 Å². The number of nitrogens with zero attached hydrogens (tertiary/aromatic N) is 3. The number of para-hydroxylation sites is 1. The molecule has 5 heterocycles. The normalized spacial score (nSPS) is 14.2. The fourth-order valence-electron chi connectivity index (χ4n) is 10.7. The molecule has 3 aliphatic heterocycles. The third-order valence-corrected chi connectivity index (χ3v) is 14.0. The van der Waals surface area contributed by atoms with Gasteiger partial charge in [0.05, 0.1) is 39.4 Å². The molecule has 0 amide bonds. The highest BCUT2D eigenvalue weighted by atomic mass is 16.3. The molecule has 0 saturated heterocycles. The predicted octanol–water partition coefficient (Wildman–Crippen LogP) is 13.8. The van der Waals surface area contributed by atoms with E-state index in [4.69, 9.17) is 4.42 Å². The number of fused-ring (bicyclic) bond motifs is 11. The third kappa shape index (κ3) is 5.14. The van der Waals surface area contributed by atoms with E-state index in [0.717, 1.165) is 28.0 Å². The molecular weight excluding hydrogens is 753 g/mol. The standard InChI is InChI=1S/C57H52BN3O/c1-33-27-46-50-47(28-33)61-48-32-38(57(8,9)10)31-41-40-30-37(56(5,6)7)22-25-44(40)60(51(41)48)45-18-14-17-43(53(45)61)58(50)54-52(59(46)39-23-20-36(21-24-39)55(2,3)4)42-29-35(19-26-49(42)62-54)34-15-12-11-13-16-34/h11-32H,1-10H3. The van der Waals surface area contributed by atoms with Crippen LogP contribution in [0.5, 0.6) is 0 Å². The summed E-state index contributed by atoms with van der Waals surface area (Å²) in [5.74, 6) is 0. The van der Waals surface area contributed by atoms with Crippen LogP contribution in [-0.4, -0.2) is 11.3 Å². The number of anilines is 6. The number of aryl methyl sites for hydroxylation is 1. The molecule has 2 aromatic heterocycles. The van der Waals surface area contributed by atoms with Crippen LogP contribution in [0, 0.1) is 6.92 Å². The molecule has 304 valence electrons. The molecule has 7 aromatic carbocycles. The van der Waals surface area contributed by atoms with Gasteiger partial charge in [-0.1, -0.05) is 129 Å². The van der Waals surface area contributed by atoms with Gasteiger partial charge in [0.1, 0.15) is 5.58 Å². The van der Waals surface area contributed by atoms with Crippen molar-refractivity contribution < 1.29 is 4.42 Å². The molecule has 3 aliphatic rings. The van der Waals surface area contributed by atoms with Crippen LogP contribution in [0.2, 0.25) is 0 Å². The Morgan fingerprint density at radius 3 is 1.87 bits per heavy atom. The van der Waals surface area contributed by atoms with Crippen LogP contribution in [0.25, 0.3) is 49.6 Å². The van der Waals surface area contributed by atoms with Crippen molar-refractivity contribution in [1.29, 1.82) is 0 Å². The van der Waals surface area contributed by atoms with Crippen LogP contribution >= 0.6 is 0 Å². The van der Waals surface area contributed by atoms with E-state index >= 15 is 0 Å². The molecular formula is C57H52BN3O. The maximum absolute atomic E-state index is 7.30. The SMILES string of the molecule is Cc1cc2c3c(c1)N1c4c(cccc4-n4c5ccc(C(C)(C)C)cc5c5cc(C(C)(C)C)cc1c54)B3c1oc3ccc(-c4ccccc4)cc3c1N2c1ccc(C(C)(C)C)cc1. The lowest BCUT2D eigenvalue weighted by Gasteiger charge is -2.45. The van der Waals surface area contributed by atoms with Gasteiger partial charge >= 0.3 is 0 Å². The highest BCUT2D eigenvalue weighted by Gasteiger charge is 2.49. The predicted molar refractivity (Wildman–Crippen MR) is 264 cm³/mol. The smallest absolute Gasteiger partial charge is 0.297 e. The van der Waals surface area contributed by atoms with Crippen molar-refractivity contribution in [2.24, 2.45) is 0 Å². The van der Waals surface area contributed by atoms with E-state index in [1.165, 1.54) is 94.5 Å². The maximum atomic E-state index is 7.30. The second-order valence-electron chi connectivity index (χ2n) is 21.2. The van der Waals surface area contributed by atoms with E-state index in [1.807, 2.05) is 0 Å². The second-order valence-corrected chi connectivity index (χ2v) is 21.2. The van der Waals surface area contributed by atoms with Crippen LogP contribution < -0.4 is 26.4 Å². The average molecular weight is 806 g/mol. The Hall–Kier alpha value is -6.46. The summed E-state index contributed by atoms with van der Waals surface area (Å²) < 4.78 is 9.86. The van der Waals surface area contributed by atoms with Gasteiger partial charge in [-0.3, -0.25) is 0 Å². The Bertz CT molecular complexity index is 3370. The zero-order valence-corrected chi connectivity index (χ0v) is 37.5. The largest absolute Gasteiger partial charge is 0.468 e. The van der Waals surface area contributed by atoms with E-state index in [2.05, 4.69) is 217 Å². The number of furan rings is 1. The highest BCUT2D eigenvalue weighted by Crippen LogP contribution is 2.54. The zero-order valence-electron chi connectivity index (χ0n) is 37.5. The molecule has 0 N–H and O–H groups in total. The van der Waals surface area contributed by atoms with Gasteiger partial charge in [0, 0.05) is 33.2 Å². The van der Waals surface area contributed by atoms with Crippen molar-refractivity contribution in [3.63, 3.8) is 0 Å². The molecule has 12 rings (SSSR count). The highest BCUT2D eigenvalue weighted by molar-refractivity contribution is 7.00. The van der Waals surface area contributed by atoms with Crippen molar-refractivity contribution in [1.82, 2.24) is 4.57 Å². The van der Waals surface area contributed by atoms with Gasteiger partial charge in [0.25, 0.3) is 6.71 Å². The van der Waals surface area contributed by atoms with E-state index < -0.39 is 0 Å². The quantitative estimate of drug-likeness (QED) is 0.163. The lowest BCUT2D eigenvalue weighted by Crippen LogP contribution is -2.61. The summed E-state index contributed by atoms with van der Waals surface area (Å²) in [5.41, 5.74) is 22.9. The minimum absolute atomic E-state index is 0.0215. The van der Waals surface area contributed by atoms with Gasteiger partial charge in [0.2, 0.25) is 0 Å². The average Bonchev–Trinajstić information content (AvgIpc) is 3.78. The number of hydrogen-bond donors (Lipinski definition) is 0. The van der Waals surface area contributed by atoms with Gasteiger partial charge in [-0.2, -0.15) is 0 Å². The monoisotopic (exact) mass is 805 g/mol. The van der Waals surface area contributed by atoms with E-state index in [9.17, 15) is 0 Å². The molecule has 4 nitrogen and oxygen atoms in total. The van der Waals surface area contributed by atoms with Gasteiger partial charge in [0.15, 0.2) is 0 Å². The summed E-state index contributed by atoms with van der Waals surface area (Å²) >= 11 is 0. The summed E-state index contributed by atoms with van der Waals surface area (Å²) in [7, 11) is 0. The molecule has 62 heavy (non-hydrogen) atoms. The second kappa shape index (κ2) is 12.3. The first-order chi connectivity index (χ1) is 29.6. The fourth-order valence-corrected chi connectivity index (χ4v) is 10.7. The number of aromatic nitrogens is 1. The summed E-state index contributed by atoms with van der Waals surface area (Å²) in [4.78, 5) is 5.13. The fraction of sp³-hybridized carbons (Fsp3) is 0.228. The molecule has 9 aromatic rings. The molecule has 0 bridgehead atoms. The number of hydrogen-bond acceptors (Lipinski definition) is 3. The third-order valence-electron chi connectivity index (χ3n) is 14.0. The van der Waals surface area contributed by atoms with Gasteiger partial charge in [-0.15, -0.1) is 0 Å². The van der Waals surface area contributed by atoms with Crippen LogP contribution in [-0.2, 0) is 16.2 Å². The molecule has 0 unspecified atom stereocenters. The lowest BCUT2D eigenvalue weighted by atomic mass is 9.35. The number of benzene rings is 7. The summed E-state index contributed by atoms with van der Waals surface area (Å²) in [5, 5.41) is 3.74. The first-order valence-electron chi connectivity index (χ1n) is 22.3. The topological polar surface area (TPSA) is 24.6 Å². The maximum Gasteiger partial charge on any atom is 0.297 e. The number of rotatable bonds is 2. The van der Waals surface area contributed by atoms with Gasteiger partial charge in [-0.05, 0) is 134 Å². The molecule has 0 radical (unpaired) electrons. The van der Waals surface area contributed by atoms with Crippen molar-refractivity contribution >= 4 is 90.2 Å². The zero-order chi connectivity index (χ0) is 42.8. The van der Waals surface area contributed by atoms with Gasteiger partial charge in [-0.25, -0.2) is 0 Å². The van der Waals surface area contributed by atoms with Crippen molar-refractivity contribution in [3.8, 4) is 16.8 Å². The Balaban J connectivity index is 1.21. The van der Waals surface area contributed by atoms with E-state index in [-0.39, 0.29) is 23.0 Å². The Labute approximate surface area is 365 Å². The Morgan fingerprint density at radius 2 is 1.16 bits per heavy atom. The van der Waals surface area contributed by atoms with E-state index in [1.54, 1.807) is 0 Å². The van der Waals surface area contributed by atoms with Crippen molar-refractivity contribution in [2.45, 2.75) is 85.5 Å². The minimum atomic E-state index is -0.128. The molecule has 0 saturated carbocycles. The summed E-state index contributed by atoms with van der Waals surface area (Å²) in [6, 6.07) is 50.7. The first kappa shape index (κ1) is 37.3. The molecule has 0 fully saturated rings. The van der Waals surface area contributed by atoms with Crippen LogP contribution in [0.15, 0.2) is 138 Å². The van der Waals surface area contributed by atoms with Gasteiger partial charge < -0.3 is 18.8 Å². The first-order valence-corrected chi connectivity index (χ1v) is 22.3. The summed E-state index contributed by atoms with van der Waals surface area (Å²) in [6.07, 6.45) is 0. The van der Waals surface area contributed by atoms with E-state index in [0.29, 0.717) is 0 Å². The lowest BCUT2D eigenvalue weighted by molar-refractivity contribution is 0.590. The molecule has 0 aliphatic carbocycles. The Morgan fingerprint density at radius 1 is 0.484 bits per heavy atom. The molecule has 5 heteroatoms. The van der Waals surface area contributed by atoms with Crippen molar-refractivity contribution in [3.05, 3.63) is 156 Å². The minimum Gasteiger partial charge on any atom is -0.468 e. The van der Waals surface area contributed by atoms with Crippen LogP contribution in [0.1, 0.15) is 84.6 Å².